The lowest BCUT2D eigenvalue weighted by molar-refractivity contribution is -0.209. The third-order valence-corrected chi connectivity index (χ3v) is 3.13. The number of carboxylic acid groups (broad SMARTS) is 1. The van der Waals surface area contributed by atoms with Crippen LogP contribution in [0.25, 0.3) is 0 Å². The molecule has 0 saturated heterocycles. The van der Waals surface area contributed by atoms with Crippen molar-refractivity contribution >= 4 is 5.97 Å². The Morgan fingerprint density at radius 3 is 2.12 bits per heavy atom. The van der Waals surface area contributed by atoms with Crippen molar-refractivity contribution in [2.45, 2.75) is 44.4 Å². The van der Waals surface area contributed by atoms with Gasteiger partial charge in [0, 0.05) is 0 Å². The van der Waals surface area contributed by atoms with Crippen molar-refractivity contribution in [3.63, 3.8) is 0 Å². The van der Waals surface area contributed by atoms with Crippen molar-refractivity contribution in [3.8, 4) is 0 Å². The first-order valence-electron chi connectivity index (χ1n) is 5.28. The van der Waals surface area contributed by atoms with Gasteiger partial charge in [-0.15, -0.1) is 0 Å². The summed E-state index contributed by atoms with van der Waals surface area (Å²) in [5, 5.41) is 17.6. The number of alkyl halides is 3. The standard InChI is InChI=1S/C10H15F3O3/c11-10(12,13)8(14)5-6-1-3-7(4-2-6)9(15)16/h6-8,14H,1-5H2,(H,15,16). The monoisotopic (exact) mass is 240 g/mol. The van der Waals surface area contributed by atoms with Crippen LogP contribution >= 0.6 is 0 Å². The summed E-state index contributed by atoms with van der Waals surface area (Å²) in [5.41, 5.74) is 0. The number of rotatable bonds is 3. The molecule has 0 heterocycles. The molecule has 0 spiro atoms. The van der Waals surface area contributed by atoms with Gasteiger partial charge in [-0.1, -0.05) is 0 Å². The minimum atomic E-state index is -4.57. The van der Waals surface area contributed by atoms with Crippen LogP contribution in [0.4, 0.5) is 13.2 Å². The molecule has 0 amide bonds. The Labute approximate surface area is 91.3 Å². The lowest BCUT2D eigenvalue weighted by Crippen LogP contribution is -2.32. The van der Waals surface area contributed by atoms with Crippen LogP contribution < -0.4 is 0 Å². The molecule has 1 rings (SSSR count). The fourth-order valence-corrected chi connectivity index (χ4v) is 2.09. The van der Waals surface area contributed by atoms with Crippen molar-refractivity contribution in [1.82, 2.24) is 0 Å². The van der Waals surface area contributed by atoms with Crippen molar-refractivity contribution < 1.29 is 28.2 Å². The smallest absolute Gasteiger partial charge is 0.414 e. The molecule has 0 aromatic carbocycles. The van der Waals surface area contributed by atoms with E-state index in [1.54, 1.807) is 0 Å². The zero-order valence-corrected chi connectivity index (χ0v) is 8.70. The maximum Gasteiger partial charge on any atom is 0.414 e. The molecule has 16 heavy (non-hydrogen) atoms. The maximum absolute atomic E-state index is 12.1. The van der Waals surface area contributed by atoms with E-state index in [0.29, 0.717) is 25.7 Å². The Morgan fingerprint density at radius 2 is 1.75 bits per heavy atom. The van der Waals surface area contributed by atoms with Crippen molar-refractivity contribution in [2.24, 2.45) is 11.8 Å². The molecule has 0 aromatic rings. The lowest BCUT2D eigenvalue weighted by Gasteiger charge is -2.28. The van der Waals surface area contributed by atoms with Crippen LogP contribution in [-0.2, 0) is 4.79 Å². The number of carboxylic acids is 1. The van der Waals surface area contributed by atoms with Crippen LogP contribution in [0.2, 0.25) is 0 Å². The van der Waals surface area contributed by atoms with Gasteiger partial charge >= 0.3 is 12.1 Å². The van der Waals surface area contributed by atoms with Crippen LogP contribution in [0.15, 0.2) is 0 Å². The van der Waals surface area contributed by atoms with E-state index in [-0.39, 0.29) is 12.3 Å². The van der Waals surface area contributed by atoms with Crippen molar-refractivity contribution in [2.75, 3.05) is 0 Å². The first-order chi connectivity index (χ1) is 7.30. The number of hydrogen-bond acceptors (Lipinski definition) is 2. The van der Waals surface area contributed by atoms with Crippen molar-refractivity contribution in [3.05, 3.63) is 0 Å². The molecule has 2 N–H and O–H groups in total. The highest BCUT2D eigenvalue weighted by molar-refractivity contribution is 5.69. The zero-order chi connectivity index (χ0) is 12.3. The molecule has 94 valence electrons. The average Bonchev–Trinajstić information content (AvgIpc) is 2.17. The SMILES string of the molecule is O=C(O)C1CCC(CC(O)C(F)(F)F)CC1. The van der Waals surface area contributed by atoms with Gasteiger partial charge in [0.15, 0.2) is 0 Å². The van der Waals surface area contributed by atoms with Crippen LogP contribution in [0.1, 0.15) is 32.1 Å². The molecule has 1 saturated carbocycles. The van der Waals surface area contributed by atoms with E-state index in [0.717, 1.165) is 0 Å². The number of aliphatic hydroxyl groups excluding tert-OH is 1. The predicted octanol–water partition coefficient (Wildman–Crippen LogP) is 2.19. The van der Waals surface area contributed by atoms with Gasteiger partial charge in [0.1, 0.15) is 6.10 Å². The highest BCUT2D eigenvalue weighted by Crippen LogP contribution is 2.34. The average molecular weight is 240 g/mol. The van der Waals surface area contributed by atoms with E-state index in [1.807, 2.05) is 0 Å². The normalized spacial score (nSPS) is 28.8. The van der Waals surface area contributed by atoms with Crippen LogP contribution in [0.5, 0.6) is 0 Å². The molecule has 6 heteroatoms. The van der Waals surface area contributed by atoms with Gasteiger partial charge in [-0.3, -0.25) is 4.79 Å². The Morgan fingerprint density at radius 1 is 1.25 bits per heavy atom. The van der Waals surface area contributed by atoms with Crippen LogP contribution in [0.3, 0.4) is 0 Å². The molecule has 1 unspecified atom stereocenters. The highest BCUT2D eigenvalue weighted by atomic mass is 19.4. The first kappa shape index (κ1) is 13.3. The summed E-state index contributed by atoms with van der Waals surface area (Å²) < 4.78 is 36.2. The summed E-state index contributed by atoms with van der Waals surface area (Å²) in [4.78, 5) is 10.6. The summed E-state index contributed by atoms with van der Waals surface area (Å²) in [6.07, 6.45) is -5.44. The van der Waals surface area contributed by atoms with Gasteiger partial charge in [-0.25, -0.2) is 0 Å². The largest absolute Gasteiger partial charge is 0.481 e. The summed E-state index contributed by atoms with van der Waals surface area (Å²) in [5.74, 6) is -1.53. The Balaban J connectivity index is 2.35. The number of aliphatic hydroxyl groups is 1. The quantitative estimate of drug-likeness (QED) is 0.795. The molecular formula is C10H15F3O3. The van der Waals surface area contributed by atoms with E-state index in [4.69, 9.17) is 10.2 Å². The molecule has 0 aliphatic heterocycles. The molecule has 0 radical (unpaired) electrons. The fraction of sp³-hybridized carbons (Fsp3) is 0.900. The Bertz CT molecular complexity index is 244. The molecule has 0 aromatic heterocycles. The van der Waals surface area contributed by atoms with Crippen molar-refractivity contribution in [1.29, 1.82) is 0 Å². The van der Waals surface area contributed by atoms with E-state index in [9.17, 15) is 18.0 Å². The second kappa shape index (κ2) is 5.03. The van der Waals surface area contributed by atoms with Gasteiger partial charge in [0.25, 0.3) is 0 Å². The number of halogens is 3. The van der Waals surface area contributed by atoms with E-state index < -0.39 is 24.2 Å². The van der Waals surface area contributed by atoms with E-state index in [2.05, 4.69) is 0 Å². The van der Waals surface area contributed by atoms with Gasteiger partial charge in [-0.2, -0.15) is 13.2 Å². The summed E-state index contributed by atoms with van der Waals surface area (Å²) in [6, 6.07) is 0. The molecular weight excluding hydrogens is 225 g/mol. The summed E-state index contributed by atoms with van der Waals surface area (Å²) >= 11 is 0. The van der Waals surface area contributed by atoms with Gasteiger partial charge in [0.2, 0.25) is 0 Å². The Hall–Kier alpha value is -0.780. The Kier molecular flexibility index (Phi) is 4.18. The second-order valence-electron chi connectivity index (χ2n) is 4.35. The first-order valence-corrected chi connectivity index (χ1v) is 5.28. The number of aliphatic carboxylic acids is 1. The third-order valence-electron chi connectivity index (χ3n) is 3.13. The summed E-state index contributed by atoms with van der Waals surface area (Å²) in [7, 11) is 0. The van der Waals surface area contributed by atoms with Gasteiger partial charge in [0.05, 0.1) is 5.92 Å². The topological polar surface area (TPSA) is 57.5 Å². The molecule has 1 aliphatic rings. The number of carbonyl (C=O) groups is 1. The second-order valence-corrected chi connectivity index (χ2v) is 4.35. The van der Waals surface area contributed by atoms with E-state index >= 15 is 0 Å². The van der Waals surface area contributed by atoms with Crippen LogP contribution in [-0.4, -0.2) is 28.5 Å². The number of hydrogen-bond donors (Lipinski definition) is 2. The van der Waals surface area contributed by atoms with Crippen LogP contribution in [0, 0.1) is 11.8 Å². The maximum atomic E-state index is 12.1. The predicted molar refractivity (Wildman–Crippen MR) is 49.8 cm³/mol. The molecule has 1 aliphatic carbocycles. The molecule has 0 bridgehead atoms. The molecule has 1 atom stereocenters. The summed E-state index contributed by atoms with van der Waals surface area (Å²) in [6.45, 7) is 0. The van der Waals surface area contributed by atoms with Gasteiger partial charge < -0.3 is 10.2 Å². The third kappa shape index (κ3) is 3.66. The highest BCUT2D eigenvalue weighted by Gasteiger charge is 2.40. The molecule has 1 fully saturated rings. The van der Waals surface area contributed by atoms with Gasteiger partial charge in [-0.05, 0) is 38.0 Å². The zero-order valence-electron chi connectivity index (χ0n) is 8.70. The fourth-order valence-electron chi connectivity index (χ4n) is 2.09. The molecule has 3 nitrogen and oxygen atoms in total. The van der Waals surface area contributed by atoms with E-state index in [1.165, 1.54) is 0 Å². The minimum Gasteiger partial charge on any atom is -0.481 e. The minimum absolute atomic E-state index is 0.216. The lowest BCUT2D eigenvalue weighted by atomic mass is 9.79.